The molecule has 6 nitrogen and oxygen atoms in total. The third kappa shape index (κ3) is 56.2. The van der Waals surface area contributed by atoms with Crippen LogP contribution >= 0.6 is 0 Å². The molecule has 0 rings (SSSR count). The Hall–Kier alpha value is -2.63. The highest BCUT2D eigenvalue weighted by atomic mass is 16.6. The summed E-state index contributed by atoms with van der Waals surface area (Å²) in [5.74, 6) is -0.882. The number of rotatable bonds is 55. The van der Waals surface area contributed by atoms with Crippen molar-refractivity contribution in [2.75, 3.05) is 13.2 Å². The van der Waals surface area contributed by atoms with Gasteiger partial charge in [0, 0.05) is 19.3 Å². The molecule has 0 aromatic heterocycles. The van der Waals surface area contributed by atoms with E-state index < -0.39 is 6.10 Å². The first-order valence-corrected chi connectivity index (χ1v) is 30.1. The highest BCUT2D eigenvalue weighted by molar-refractivity contribution is 5.71. The number of hydrogen-bond donors (Lipinski definition) is 0. The molecule has 0 N–H and O–H groups in total. The van der Waals surface area contributed by atoms with Crippen LogP contribution in [0.2, 0.25) is 0 Å². The second kappa shape index (κ2) is 57.9. The fourth-order valence-electron chi connectivity index (χ4n) is 8.74. The van der Waals surface area contributed by atoms with E-state index >= 15 is 0 Å². The summed E-state index contributed by atoms with van der Waals surface area (Å²) in [7, 11) is 0. The van der Waals surface area contributed by atoms with Crippen LogP contribution in [0.3, 0.4) is 0 Å². The zero-order valence-electron chi connectivity index (χ0n) is 46.1. The van der Waals surface area contributed by atoms with Crippen LogP contribution in [0, 0.1) is 0 Å². The molecule has 0 radical (unpaired) electrons. The Balaban J connectivity index is 4.38. The number of esters is 3. The third-order valence-corrected chi connectivity index (χ3v) is 13.3. The Morgan fingerprint density at radius 3 is 0.855 bits per heavy atom. The lowest BCUT2D eigenvalue weighted by Crippen LogP contribution is -2.30. The molecule has 1 unspecified atom stereocenters. The van der Waals surface area contributed by atoms with E-state index in [1.54, 1.807) is 0 Å². The van der Waals surface area contributed by atoms with Gasteiger partial charge in [0.1, 0.15) is 13.2 Å². The summed E-state index contributed by atoms with van der Waals surface area (Å²) >= 11 is 0. The van der Waals surface area contributed by atoms with Gasteiger partial charge in [0.05, 0.1) is 0 Å². The molecule has 402 valence electrons. The Morgan fingerprint density at radius 1 is 0.290 bits per heavy atom. The van der Waals surface area contributed by atoms with Crippen molar-refractivity contribution in [1.82, 2.24) is 0 Å². The van der Waals surface area contributed by atoms with Gasteiger partial charge in [0.25, 0.3) is 0 Å². The zero-order valence-corrected chi connectivity index (χ0v) is 46.1. The molecule has 6 heteroatoms. The predicted molar refractivity (Wildman–Crippen MR) is 298 cm³/mol. The molecule has 0 aromatic rings. The Kier molecular flexibility index (Phi) is 55.7. The number of ether oxygens (including phenoxy) is 3. The summed E-state index contributed by atoms with van der Waals surface area (Å²) in [6, 6.07) is 0. The van der Waals surface area contributed by atoms with Crippen molar-refractivity contribution < 1.29 is 28.6 Å². The van der Waals surface area contributed by atoms with Crippen LogP contribution in [0.5, 0.6) is 0 Å². The number of carbonyl (C=O) groups excluding carboxylic acids is 3. The van der Waals surface area contributed by atoms with Gasteiger partial charge in [0.15, 0.2) is 6.10 Å². The minimum absolute atomic E-state index is 0.0775. The summed E-state index contributed by atoms with van der Waals surface area (Å²) in [6.45, 7) is 6.63. The van der Waals surface area contributed by atoms with E-state index in [1.807, 2.05) is 0 Å². The van der Waals surface area contributed by atoms with Gasteiger partial charge in [-0.2, -0.15) is 0 Å². The van der Waals surface area contributed by atoms with Gasteiger partial charge >= 0.3 is 17.9 Å². The monoisotopic (exact) mass is 967 g/mol. The smallest absolute Gasteiger partial charge is 0.306 e. The lowest BCUT2D eigenvalue weighted by molar-refractivity contribution is -0.167. The molecule has 0 saturated carbocycles. The van der Waals surface area contributed by atoms with E-state index in [0.717, 1.165) is 83.5 Å². The fourth-order valence-corrected chi connectivity index (χ4v) is 8.74. The molecule has 0 spiro atoms. The maximum absolute atomic E-state index is 12.9. The molecule has 0 amide bonds. The minimum Gasteiger partial charge on any atom is -0.462 e. The van der Waals surface area contributed by atoms with Gasteiger partial charge in [-0.3, -0.25) is 14.4 Å². The molecule has 69 heavy (non-hydrogen) atoms. The van der Waals surface area contributed by atoms with Crippen molar-refractivity contribution in [3.05, 3.63) is 48.6 Å². The number of hydrogen-bond acceptors (Lipinski definition) is 6. The quantitative estimate of drug-likeness (QED) is 0.0262. The van der Waals surface area contributed by atoms with E-state index in [-0.39, 0.29) is 31.1 Å². The second-order valence-corrected chi connectivity index (χ2v) is 20.3. The minimum atomic E-state index is -0.781. The van der Waals surface area contributed by atoms with Gasteiger partial charge < -0.3 is 14.2 Å². The molecule has 0 aliphatic rings. The van der Waals surface area contributed by atoms with E-state index in [9.17, 15) is 14.4 Å². The standard InChI is InChI=1S/C63H114O6/c1-4-7-10-13-16-19-22-25-28-31-32-33-36-38-41-44-47-50-53-56-62(65)68-59-60(69-63(66)57-54-51-48-45-42-39-35-30-27-24-21-18-15-12-9-6-3)58-67-61(64)55-52-49-46-43-40-37-34-29-26-23-20-17-14-11-8-5-2/h16,19,25,28,30,32-33,35,60H,4-15,17-18,20-24,26-27,29,31,34,36-59H2,1-3H3/b19-16-,28-25-,33-32-,35-30-. The highest BCUT2D eigenvalue weighted by Gasteiger charge is 2.19. The van der Waals surface area contributed by atoms with Crippen molar-refractivity contribution in [2.24, 2.45) is 0 Å². The van der Waals surface area contributed by atoms with Gasteiger partial charge in [0.2, 0.25) is 0 Å². The van der Waals surface area contributed by atoms with Gasteiger partial charge in [-0.25, -0.2) is 0 Å². The van der Waals surface area contributed by atoms with Gasteiger partial charge in [-0.05, 0) is 83.5 Å². The van der Waals surface area contributed by atoms with E-state index in [0.29, 0.717) is 19.3 Å². The molecular weight excluding hydrogens is 853 g/mol. The predicted octanol–water partition coefficient (Wildman–Crippen LogP) is 20.2. The molecule has 0 aliphatic carbocycles. The number of unbranched alkanes of at least 4 members (excludes halogenated alkanes) is 36. The Morgan fingerprint density at radius 2 is 0.522 bits per heavy atom. The summed E-state index contributed by atoms with van der Waals surface area (Å²) in [5.41, 5.74) is 0. The fraction of sp³-hybridized carbons (Fsp3) is 0.825. The normalized spacial score (nSPS) is 12.3. The second-order valence-electron chi connectivity index (χ2n) is 20.3. The van der Waals surface area contributed by atoms with Crippen LogP contribution in [0.25, 0.3) is 0 Å². The first-order valence-electron chi connectivity index (χ1n) is 30.1. The lowest BCUT2D eigenvalue weighted by atomic mass is 10.0. The van der Waals surface area contributed by atoms with Crippen LogP contribution in [-0.2, 0) is 28.6 Å². The first-order chi connectivity index (χ1) is 34.0. The van der Waals surface area contributed by atoms with E-state index in [1.165, 1.54) is 193 Å². The molecule has 0 saturated heterocycles. The average Bonchev–Trinajstić information content (AvgIpc) is 3.35. The largest absolute Gasteiger partial charge is 0.462 e. The van der Waals surface area contributed by atoms with E-state index in [2.05, 4.69) is 69.4 Å². The molecule has 1 atom stereocenters. The summed E-state index contributed by atoms with van der Waals surface area (Å²) in [4.78, 5) is 38.2. The molecule has 0 bridgehead atoms. The van der Waals surface area contributed by atoms with Crippen LogP contribution in [-0.4, -0.2) is 37.2 Å². The summed E-state index contributed by atoms with van der Waals surface area (Å²) < 4.78 is 16.9. The van der Waals surface area contributed by atoms with Crippen molar-refractivity contribution >= 4 is 17.9 Å². The molecular formula is C63H114O6. The highest BCUT2D eigenvalue weighted by Crippen LogP contribution is 2.16. The van der Waals surface area contributed by atoms with Crippen LogP contribution < -0.4 is 0 Å². The molecule has 0 fully saturated rings. The van der Waals surface area contributed by atoms with Gasteiger partial charge in [-0.1, -0.05) is 262 Å². The van der Waals surface area contributed by atoms with E-state index in [4.69, 9.17) is 14.2 Å². The summed E-state index contributed by atoms with van der Waals surface area (Å²) in [6.07, 6.45) is 71.0. The molecule has 0 heterocycles. The van der Waals surface area contributed by atoms with Crippen LogP contribution in [0.1, 0.15) is 316 Å². The van der Waals surface area contributed by atoms with Crippen molar-refractivity contribution in [1.29, 1.82) is 0 Å². The zero-order chi connectivity index (χ0) is 50.0. The SMILES string of the molecule is CCCCC/C=C\C/C=C\C/C=C\CCCCCCCCC(=O)OCC(COC(=O)CCCCCCCCCCCCCCCCCC)OC(=O)CCCCCCC/C=C\CCCCCCCCC. The van der Waals surface area contributed by atoms with Crippen molar-refractivity contribution in [3.8, 4) is 0 Å². The Labute approximate surface area is 428 Å². The Bertz CT molecular complexity index is 1200. The summed E-state index contributed by atoms with van der Waals surface area (Å²) in [5, 5.41) is 0. The first kappa shape index (κ1) is 66.4. The molecule has 0 aliphatic heterocycles. The average molecular weight is 968 g/mol. The maximum atomic E-state index is 12.9. The van der Waals surface area contributed by atoms with Crippen molar-refractivity contribution in [3.63, 3.8) is 0 Å². The van der Waals surface area contributed by atoms with Crippen LogP contribution in [0.4, 0.5) is 0 Å². The number of carbonyl (C=O) groups is 3. The number of allylic oxidation sites excluding steroid dienone is 8. The molecule has 0 aromatic carbocycles. The maximum Gasteiger partial charge on any atom is 0.306 e. The third-order valence-electron chi connectivity index (χ3n) is 13.3. The lowest BCUT2D eigenvalue weighted by Gasteiger charge is -2.18. The van der Waals surface area contributed by atoms with Gasteiger partial charge in [-0.15, -0.1) is 0 Å². The van der Waals surface area contributed by atoms with Crippen molar-refractivity contribution in [2.45, 2.75) is 322 Å². The van der Waals surface area contributed by atoms with Crippen LogP contribution in [0.15, 0.2) is 48.6 Å². The topological polar surface area (TPSA) is 78.9 Å².